The first-order valence-corrected chi connectivity index (χ1v) is 9.55. The average Bonchev–Trinajstić information content (AvgIpc) is 2.65. The van der Waals surface area contributed by atoms with E-state index in [4.69, 9.17) is 14.3 Å². The van der Waals surface area contributed by atoms with Crippen LogP contribution in [0.3, 0.4) is 0 Å². The molecule has 2 rings (SSSR count). The van der Waals surface area contributed by atoms with Crippen LogP contribution in [0.4, 0.5) is 0 Å². The number of aldehydes is 1. The highest BCUT2D eigenvalue weighted by Gasteiger charge is 1.98. The number of hydrogen-bond donors (Lipinski definition) is 0. The molecule has 0 radical (unpaired) electrons. The number of fused-ring (bicyclic) bond motifs is 1. The maximum absolute atomic E-state index is 8.59. The van der Waals surface area contributed by atoms with E-state index in [9.17, 15) is 0 Å². The number of rotatable bonds is 14. The fourth-order valence-corrected chi connectivity index (χ4v) is 2.90. The van der Waals surface area contributed by atoms with Gasteiger partial charge in [0.25, 0.3) is 6.29 Å². The Morgan fingerprint density at radius 2 is 1.44 bits per heavy atom. The van der Waals surface area contributed by atoms with E-state index in [2.05, 4.69) is 24.3 Å². The van der Waals surface area contributed by atoms with E-state index in [1.165, 1.54) is 49.2 Å². The molecule has 0 aromatic heterocycles. The number of unbranched alkanes of at least 4 members (excludes halogenated alkanes) is 7. The van der Waals surface area contributed by atoms with Gasteiger partial charge in [-0.2, -0.15) is 0 Å². The summed E-state index contributed by atoms with van der Waals surface area (Å²) in [4.78, 5) is 8.59. The summed E-state index contributed by atoms with van der Waals surface area (Å²) in [5.41, 5.74) is 0. The summed E-state index contributed by atoms with van der Waals surface area (Å²) in [5, 5.41) is 2.44. The van der Waals surface area contributed by atoms with Gasteiger partial charge < -0.3 is 9.47 Å². The molecule has 0 fully saturated rings. The van der Waals surface area contributed by atoms with Crippen molar-refractivity contribution in [2.24, 2.45) is 0 Å². The van der Waals surface area contributed by atoms with Gasteiger partial charge in [-0.1, -0.05) is 62.4 Å². The molecular formula is C22H31O3+. The van der Waals surface area contributed by atoms with Crippen LogP contribution in [0.15, 0.2) is 42.5 Å². The molecule has 0 aliphatic carbocycles. The second-order valence-electron chi connectivity index (χ2n) is 6.42. The molecule has 0 atom stereocenters. The van der Waals surface area contributed by atoms with Crippen LogP contribution in [0.5, 0.6) is 5.75 Å². The smallest absolute Gasteiger partial charge is 0.281 e. The molecule has 0 aliphatic heterocycles. The van der Waals surface area contributed by atoms with Gasteiger partial charge in [0.2, 0.25) is 0 Å². The predicted octanol–water partition coefficient (Wildman–Crippen LogP) is 5.53. The third-order valence-corrected chi connectivity index (χ3v) is 4.34. The molecule has 2 aromatic rings. The summed E-state index contributed by atoms with van der Waals surface area (Å²) in [6.45, 7) is 2.06. The minimum absolute atomic E-state index is 0.597. The molecule has 2 aromatic carbocycles. The quantitative estimate of drug-likeness (QED) is 0.257. The lowest BCUT2D eigenvalue weighted by atomic mass is 10.1. The fourth-order valence-electron chi connectivity index (χ4n) is 2.90. The van der Waals surface area contributed by atoms with E-state index in [1.807, 2.05) is 18.2 Å². The maximum atomic E-state index is 8.59. The van der Waals surface area contributed by atoms with Crippen LogP contribution in [0, 0.1) is 0 Å². The van der Waals surface area contributed by atoms with E-state index < -0.39 is 0 Å². The Hall–Kier alpha value is -1.87. The maximum Gasteiger partial charge on any atom is 0.281 e. The second-order valence-corrected chi connectivity index (χ2v) is 6.42. The molecule has 136 valence electrons. The van der Waals surface area contributed by atoms with Gasteiger partial charge in [0.15, 0.2) is 0 Å². The van der Waals surface area contributed by atoms with Crippen molar-refractivity contribution in [1.29, 1.82) is 0 Å². The van der Waals surface area contributed by atoms with Crippen LogP contribution in [-0.2, 0) is 4.74 Å². The van der Waals surface area contributed by atoms with Gasteiger partial charge in [-0.05, 0) is 35.7 Å². The molecule has 0 heterocycles. The molecular weight excluding hydrogens is 312 g/mol. The lowest BCUT2D eigenvalue weighted by molar-refractivity contribution is 0.0971. The van der Waals surface area contributed by atoms with Crippen LogP contribution in [0.25, 0.3) is 10.8 Å². The van der Waals surface area contributed by atoms with Crippen molar-refractivity contribution in [2.75, 3.05) is 19.8 Å². The lowest BCUT2D eigenvalue weighted by Crippen LogP contribution is -2.07. The van der Waals surface area contributed by atoms with Crippen LogP contribution < -0.4 is 4.74 Å². The van der Waals surface area contributed by atoms with Crippen LogP contribution in [0.2, 0.25) is 0 Å². The molecule has 0 amide bonds. The molecule has 0 unspecified atom stereocenters. The molecule has 3 heteroatoms. The zero-order valence-corrected chi connectivity index (χ0v) is 15.2. The first-order chi connectivity index (χ1) is 12.4. The summed E-state index contributed by atoms with van der Waals surface area (Å²) < 4.78 is 11.4. The summed E-state index contributed by atoms with van der Waals surface area (Å²) >= 11 is 0. The summed E-state index contributed by atoms with van der Waals surface area (Å²) in [5.74, 6) is 0.904. The van der Waals surface area contributed by atoms with E-state index in [1.54, 1.807) is 0 Å². The highest BCUT2D eigenvalue weighted by molar-refractivity contribution is 5.83. The van der Waals surface area contributed by atoms with Crippen molar-refractivity contribution < 1.29 is 14.3 Å². The van der Waals surface area contributed by atoms with E-state index in [0.717, 1.165) is 31.6 Å². The number of hydrogen-bond acceptors (Lipinski definition) is 2. The average molecular weight is 343 g/mol. The third-order valence-electron chi connectivity index (χ3n) is 4.34. The number of ether oxygens (including phenoxy) is 2. The molecule has 1 N–H and O–H groups in total. The van der Waals surface area contributed by atoms with Crippen LogP contribution in [-0.4, -0.2) is 30.9 Å². The predicted molar refractivity (Wildman–Crippen MR) is 105 cm³/mol. The van der Waals surface area contributed by atoms with Crippen LogP contribution in [0.1, 0.15) is 51.4 Å². The van der Waals surface area contributed by atoms with Crippen molar-refractivity contribution in [3.05, 3.63) is 42.5 Å². The Balaban J connectivity index is 1.43. The SMILES string of the molecule is [OH+]=CCCCCCCCCCOCCOc1ccc2ccccc2c1. The second kappa shape index (κ2) is 12.5. The van der Waals surface area contributed by atoms with Crippen LogP contribution >= 0.6 is 0 Å². The van der Waals surface area contributed by atoms with Crippen molar-refractivity contribution in [1.82, 2.24) is 0 Å². The van der Waals surface area contributed by atoms with Crippen molar-refractivity contribution in [3.63, 3.8) is 0 Å². The topological polar surface area (TPSA) is 39.9 Å². The number of carbonyl (C=O) groups excluding carboxylic acids is 1. The standard InChI is InChI=1S/C22H30O3/c23-15-9-5-3-1-2-4-6-10-16-24-17-18-25-22-14-13-20-11-7-8-12-21(20)19-22/h7-8,11-15,19H,1-6,9-10,16-18H2/p+1. The minimum atomic E-state index is 0.597. The van der Waals surface area contributed by atoms with Crippen molar-refractivity contribution in [2.45, 2.75) is 51.4 Å². The molecule has 0 spiro atoms. The first kappa shape index (κ1) is 19.5. The molecule has 0 aliphatic rings. The molecule has 0 saturated heterocycles. The van der Waals surface area contributed by atoms with Gasteiger partial charge in [0.1, 0.15) is 12.4 Å². The monoisotopic (exact) mass is 343 g/mol. The Kier molecular flexibility index (Phi) is 9.72. The van der Waals surface area contributed by atoms with Crippen molar-refractivity contribution in [3.8, 4) is 5.75 Å². The Bertz CT molecular complexity index is 609. The van der Waals surface area contributed by atoms with Gasteiger partial charge in [-0.25, -0.2) is 0 Å². The molecule has 3 nitrogen and oxygen atoms in total. The van der Waals surface area contributed by atoms with Gasteiger partial charge >= 0.3 is 0 Å². The van der Waals surface area contributed by atoms with E-state index in [0.29, 0.717) is 13.2 Å². The van der Waals surface area contributed by atoms with E-state index >= 15 is 0 Å². The normalized spacial score (nSPS) is 10.9. The fraction of sp³-hybridized carbons (Fsp3) is 0.500. The Morgan fingerprint density at radius 3 is 2.24 bits per heavy atom. The summed E-state index contributed by atoms with van der Waals surface area (Å²) in [7, 11) is 0. The molecule has 0 saturated carbocycles. The minimum Gasteiger partial charge on any atom is -0.491 e. The number of benzene rings is 2. The Labute approximate surface area is 151 Å². The van der Waals surface area contributed by atoms with Crippen molar-refractivity contribution >= 4 is 17.1 Å². The van der Waals surface area contributed by atoms with Gasteiger partial charge in [-0.15, -0.1) is 0 Å². The zero-order chi connectivity index (χ0) is 17.6. The van der Waals surface area contributed by atoms with Gasteiger partial charge in [-0.3, -0.25) is 4.79 Å². The summed E-state index contributed by atoms with van der Waals surface area (Å²) in [6, 6.07) is 14.5. The third kappa shape index (κ3) is 8.17. The highest BCUT2D eigenvalue weighted by Crippen LogP contribution is 2.20. The molecule has 0 bridgehead atoms. The largest absolute Gasteiger partial charge is 0.491 e. The van der Waals surface area contributed by atoms with Gasteiger partial charge in [0, 0.05) is 6.61 Å². The highest BCUT2D eigenvalue weighted by atomic mass is 16.5. The van der Waals surface area contributed by atoms with Gasteiger partial charge in [0.05, 0.1) is 13.0 Å². The zero-order valence-electron chi connectivity index (χ0n) is 15.2. The molecule has 25 heavy (non-hydrogen) atoms. The van der Waals surface area contributed by atoms with E-state index in [-0.39, 0.29) is 0 Å². The first-order valence-electron chi connectivity index (χ1n) is 9.55. The lowest BCUT2D eigenvalue weighted by Gasteiger charge is -2.08. The Morgan fingerprint density at radius 1 is 0.720 bits per heavy atom. The summed E-state index contributed by atoms with van der Waals surface area (Å²) in [6.07, 6.45) is 10.6.